The predicted octanol–water partition coefficient (Wildman–Crippen LogP) is 1.79. The highest BCUT2D eigenvalue weighted by Crippen LogP contribution is 2.33. The van der Waals surface area contributed by atoms with Gasteiger partial charge in [0.05, 0.1) is 6.61 Å². The molecule has 0 fully saturated rings. The summed E-state index contributed by atoms with van der Waals surface area (Å²) >= 11 is 0. The van der Waals surface area contributed by atoms with Gasteiger partial charge in [0.1, 0.15) is 11.6 Å². The van der Waals surface area contributed by atoms with Gasteiger partial charge in [-0.05, 0) is 12.1 Å². The van der Waals surface area contributed by atoms with Crippen LogP contribution < -0.4 is 4.74 Å². The molecule has 1 heterocycles. The van der Waals surface area contributed by atoms with Crippen molar-refractivity contribution in [1.82, 2.24) is 0 Å². The Morgan fingerprint density at radius 2 is 2.33 bits per heavy atom. The maximum atomic E-state index is 13.3. The molecule has 1 N–H and O–H groups in total. The van der Waals surface area contributed by atoms with Crippen molar-refractivity contribution in [3.63, 3.8) is 0 Å². The van der Waals surface area contributed by atoms with Gasteiger partial charge in [0, 0.05) is 23.7 Å². The van der Waals surface area contributed by atoms with Crippen LogP contribution in [0.25, 0.3) is 0 Å². The molecule has 0 aliphatic carbocycles. The quantitative estimate of drug-likeness (QED) is 0.812. The lowest BCUT2D eigenvalue weighted by Gasteiger charge is -2.22. The lowest BCUT2D eigenvalue weighted by molar-refractivity contribution is -0.0176. The van der Waals surface area contributed by atoms with Gasteiger partial charge in [-0.2, -0.15) is 0 Å². The average molecular weight is 212 g/mol. The Balaban J connectivity index is 2.47. The number of rotatable bonds is 2. The Morgan fingerprint density at radius 3 is 3.07 bits per heavy atom. The monoisotopic (exact) mass is 212 g/mol. The molecule has 0 saturated heterocycles. The number of ether oxygens (including phenoxy) is 2. The highest BCUT2D eigenvalue weighted by atomic mass is 19.1. The molecule has 1 aromatic carbocycles. The fraction of sp³-hybridized carbons (Fsp3) is 0.455. The van der Waals surface area contributed by atoms with Crippen molar-refractivity contribution in [3.8, 4) is 5.75 Å². The fourth-order valence-corrected chi connectivity index (χ4v) is 1.67. The second-order valence-electron chi connectivity index (χ2n) is 3.68. The molecular weight excluding hydrogens is 199 g/mol. The van der Waals surface area contributed by atoms with E-state index >= 15 is 0 Å². The smallest absolute Gasteiger partial charge is 0.189 e. The Labute approximate surface area is 87.4 Å². The first kappa shape index (κ1) is 10.4. The SMILES string of the molecule is CC(CO)c1cc(F)cc2c1OCOC2. The summed E-state index contributed by atoms with van der Waals surface area (Å²) in [5, 5.41) is 9.07. The molecule has 15 heavy (non-hydrogen) atoms. The van der Waals surface area contributed by atoms with Crippen LogP contribution in [-0.4, -0.2) is 18.5 Å². The van der Waals surface area contributed by atoms with Gasteiger partial charge < -0.3 is 14.6 Å². The van der Waals surface area contributed by atoms with E-state index in [0.29, 0.717) is 23.5 Å². The molecule has 0 saturated carbocycles. The van der Waals surface area contributed by atoms with Gasteiger partial charge in [0.2, 0.25) is 0 Å². The minimum absolute atomic E-state index is 0.0277. The van der Waals surface area contributed by atoms with Crippen LogP contribution in [0.1, 0.15) is 24.0 Å². The highest BCUT2D eigenvalue weighted by Gasteiger charge is 2.19. The maximum absolute atomic E-state index is 13.3. The second-order valence-corrected chi connectivity index (χ2v) is 3.68. The number of aliphatic hydroxyl groups excluding tert-OH is 1. The summed E-state index contributed by atoms with van der Waals surface area (Å²) in [6.45, 7) is 2.34. The molecule has 0 radical (unpaired) electrons. The van der Waals surface area contributed by atoms with Gasteiger partial charge in [0.25, 0.3) is 0 Å². The Bertz CT molecular complexity index is 365. The van der Waals surface area contributed by atoms with Crippen molar-refractivity contribution in [2.45, 2.75) is 19.4 Å². The van der Waals surface area contributed by atoms with Crippen LogP contribution in [0.15, 0.2) is 12.1 Å². The maximum Gasteiger partial charge on any atom is 0.189 e. The predicted molar refractivity (Wildman–Crippen MR) is 52.2 cm³/mol. The van der Waals surface area contributed by atoms with Gasteiger partial charge >= 0.3 is 0 Å². The van der Waals surface area contributed by atoms with Crippen molar-refractivity contribution in [3.05, 3.63) is 29.1 Å². The van der Waals surface area contributed by atoms with Crippen molar-refractivity contribution in [2.24, 2.45) is 0 Å². The minimum atomic E-state index is -0.321. The highest BCUT2D eigenvalue weighted by molar-refractivity contribution is 5.44. The number of hydrogen-bond donors (Lipinski definition) is 1. The van der Waals surface area contributed by atoms with Crippen molar-refractivity contribution < 1.29 is 19.0 Å². The van der Waals surface area contributed by atoms with E-state index < -0.39 is 0 Å². The average Bonchev–Trinajstić information content (AvgIpc) is 2.26. The molecule has 1 aliphatic rings. The zero-order valence-electron chi connectivity index (χ0n) is 8.50. The molecule has 0 amide bonds. The number of aliphatic hydroxyl groups is 1. The standard InChI is InChI=1S/C11H13FO3/c1-7(4-13)10-3-9(12)2-8-5-14-6-15-11(8)10/h2-3,7,13H,4-6H2,1H3. The molecule has 4 heteroatoms. The Morgan fingerprint density at radius 1 is 1.53 bits per heavy atom. The summed E-state index contributed by atoms with van der Waals surface area (Å²) in [6, 6.07) is 2.81. The van der Waals surface area contributed by atoms with E-state index in [1.54, 1.807) is 0 Å². The molecule has 3 nitrogen and oxygen atoms in total. The van der Waals surface area contributed by atoms with Gasteiger partial charge in [-0.3, -0.25) is 0 Å². The minimum Gasteiger partial charge on any atom is -0.467 e. The normalized spacial score (nSPS) is 16.7. The van der Waals surface area contributed by atoms with Crippen LogP contribution in [0, 0.1) is 5.82 Å². The van der Waals surface area contributed by atoms with Crippen LogP contribution in [0.4, 0.5) is 4.39 Å². The third kappa shape index (κ3) is 1.96. The first-order valence-electron chi connectivity index (χ1n) is 4.86. The van der Waals surface area contributed by atoms with Crippen LogP contribution in [0.2, 0.25) is 0 Å². The van der Waals surface area contributed by atoms with Crippen molar-refractivity contribution >= 4 is 0 Å². The van der Waals surface area contributed by atoms with Crippen LogP contribution in [0.5, 0.6) is 5.75 Å². The zero-order valence-corrected chi connectivity index (χ0v) is 8.50. The van der Waals surface area contributed by atoms with E-state index in [9.17, 15) is 4.39 Å². The first-order valence-corrected chi connectivity index (χ1v) is 4.86. The summed E-state index contributed by atoms with van der Waals surface area (Å²) in [6.07, 6.45) is 0. The molecule has 1 atom stereocenters. The van der Waals surface area contributed by atoms with E-state index in [2.05, 4.69) is 0 Å². The van der Waals surface area contributed by atoms with Gasteiger partial charge in [-0.25, -0.2) is 4.39 Å². The summed E-state index contributed by atoms with van der Waals surface area (Å²) in [5.74, 6) is 0.204. The molecular formula is C11H13FO3. The van der Waals surface area contributed by atoms with E-state index in [4.69, 9.17) is 14.6 Å². The van der Waals surface area contributed by atoms with Gasteiger partial charge in [-0.1, -0.05) is 6.92 Å². The number of fused-ring (bicyclic) bond motifs is 1. The summed E-state index contributed by atoms with van der Waals surface area (Å²) in [7, 11) is 0. The molecule has 2 rings (SSSR count). The zero-order chi connectivity index (χ0) is 10.8. The third-order valence-corrected chi connectivity index (χ3v) is 2.51. The molecule has 1 unspecified atom stereocenters. The first-order chi connectivity index (χ1) is 7.22. The lowest BCUT2D eigenvalue weighted by atomic mass is 9.98. The third-order valence-electron chi connectivity index (χ3n) is 2.51. The summed E-state index contributed by atoms with van der Waals surface area (Å²) in [4.78, 5) is 0. The number of halogens is 1. The number of benzene rings is 1. The fourth-order valence-electron chi connectivity index (χ4n) is 1.67. The molecule has 82 valence electrons. The molecule has 0 bridgehead atoms. The van der Waals surface area contributed by atoms with E-state index in [1.165, 1.54) is 12.1 Å². The van der Waals surface area contributed by atoms with Crippen LogP contribution in [0.3, 0.4) is 0 Å². The van der Waals surface area contributed by atoms with Gasteiger partial charge in [-0.15, -0.1) is 0 Å². The number of hydrogen-bond acceptors (Lipinski definition) is 3. The molecule has 1 aromatic rings. The summed E-state index contributed by atoms with van der Waals surface area (Å²) in [5.41, 5.74) is 1.41. The van der Waals surface area contributed by atoms with Crippen LogP contribution >= 0.6 is 0 Å². The van der Waals surface area contributed by atoms with E-state index in [-0.39, 0.29) is 25.1 Å². The molecule has 0 spiro atoms. The molecule has 1 aliphatic heterocycles. The van der Waals surface area contributed by atoms with Gasteiger partial charge in [0.15, 0.2) is 6.79 Å². The summed E-state index contributed by atoms with van der Waals surface area (Å²) < 4.78 is 23.7. The lowest BCUT2D eigenvalue weighted by Crippen LogP contribution is -2.15. The van der Waals surface area contributed by atoms with Crippen molar-refractivity contribution in [1.29, 1.82) is 0 Å². The Hall–Kier alpha value is -1.13. The topological polar surface area (TPSA) is 38.7 Å². The van der Waals surface area contributed by atoms with Crippen LogP contribution in [-0.2, 0) is 11.3 Å². The molecule has 0 aromatic heterocycles. The van der Waals surface area contributed by atoms with E-state index in [1.807, 2.05) is 6.92 Å². The van der Waals surface area contributed by atoms with Crippen molar-refractivity contribution in [2.75, 3.05) is 13.4 Å². The second kappa shape index (κ2) is 4.16. The Kier molecular flexibility index (Phi) is 2.88. The largest absolute Gasteiger partial charge is 0.467 e. The van der Waals surface area contributed by atoms with E-state index in [0.717, 1.165) is 0 Å².